The van der Waals surface area contributed by atoms with Crippen LogP contribution in [0.25, 0.3) is 0 Å². The number of aryl methyl sites for hydroxylation is 2. The second kappa shape index (κ2) is 10.0. The lowest BCUT2D eigenvalue weighted by atomic mass is 9.70. The molecule has 8 nitrogen and oxygen atoms in total. The maximum absolute atomic E-state index is 14.4. The Hall–Kier alpha value is -2.23. The topological polar surface area (TPSA) is 107 Å². The van der Waals surface area contributed by atoms with E-state index in [0.717, 1.165) is 16.8 Å². The summed E-state index contributed by atoms with van der Waals surface area (Å²) in [6.07, 6.45) is 3.26. The van der Waals surface area contributed by atoms with Gasteiger partial charge >= 0.3 is 5.97 Å². The first-order valence-corrected chi connectivity index (χ1v) is 13.0. The number of halogens is 1. The van der Waals surface area contributed by atoms with Gasteiger partial charge in [0.05, 0.1) is 17.9 Å². The van der Waals surface area contributed by atoms with Crippen LogP contribution in [0.1, 0.15) is 36.8 Å². The number of ether oxygens (including phenoxy) is 1. The summed E-state index contributed by atoms with van der Waals surface area (Å²) in [6, 6.07) is 4.93. The molecule has 3 saturated heterocycles. The molecule has 0 aromatic heterocycles. The Morgan fingerprint density at radius 1 is 1.31 bits per heavy atom. The number of benzene rings is 1. The van der Waals surface area contributed by atoms with Crippen LogP contribution in [0, 0.1) is 25.7 Å². The molecule has 0 aliphatic carbocycles. The molecular formula is C26H33BrN2O6. The lowest BCUT2D eigenvalue weighted by Crippen LogP contribution is -2.57. The van der Waals surface area contributed by atoms with Crippen molar-refractivity contribution in [1.29, 1.82) is 0 Å². The van der Waals surface area contributed by atoms with E-state index in [9.17, 15) is 19.5 Å². The number of aliphatic hydroxyl groups is 1. The fraction of sp³-hybridized carbons (Fsp3) is 0.577. The molecule has 4 rings (SSSR count). The number of carboxylic acids is 1. The van der Waals surface area contributed by atoms with Crippen LogP contribution < -0.4 is 4.90 Å². The summed E-state index contributed by atoms with van der Waals surface area (Å²) in [5, 5.41) is 19.2. The van der Waals surface area contributed by atoms with Crippen molar-refractivity contribution in [1.82, 2.24) is 4.90 Å². The zero-order valence-corrected chi connectivity index (χ0v) is 21.7. The quantitative estimate of drug-likeness (QED) is 0.264. The highest BCUT2D eigenvalue weighted by Crippen LogP contribution is 2.60. The highest BCUT2D eigenvalue weighted by molar-refractivity contribution is 9.09. The third-order valence-electron chi connectivity index (χ3n) is 7.60. The monoisotopic (exact) mass is 548 g/mol. The molecule has 2 amide bonds. The van der Waals surface area contributed by atoms with E-state index in [-0.39, 0.29) is 29.8 Å². The molecule has 0 radical (unpaired) electrons. The van der Waals surface area contributed by atoms with E-state index in [1.807, 2.05) is 32.0 Å². The molecule has 3 heterocycles. The van der Waals surface area contributed by atoms with Crippen LogP contribution in [-0.2, 0) is 19.1 Å². The number of alkyl halides is 1. The number of likely N-dealkylation sites (tertiary alicyclic amines) is 1. The summed E-state index contributed by atoms with van der Waals surface area (Å²) in [5.41, 5.74) is 1.44. The van der Waals surface area contributed by atoms with Crippen molar-refractivity contribution in [3.63, 3.8) is 0 Å². The SMILES string of the molecule is C=CCN(C(=O)C1N(CCCCCO)C(=O)[C@@H]2[C@H](C(=O)O)[C@H]3OC12CC3Br)c1cc(C)ccc1C. The summed E-state index contributed by atoms with van der Waals surface area (Å²) in [5.74, 6) is -3.61. The molecule has 6 atom stereocenters. The molecule has 1 spiro atoms. The van der Waals surface area contributed by atoms with Gasteiger partial charge in [0, 0.05) is 30.2 Å². The molecule has 3 unspecified atom stereocenters. The second-order valence-electron chi connectivity index (χ2n) is 9.85. The molecule has 1 aromatic rings. The van der Waals surface area contributed by atoms with Crippen LogP contribution in [0.4, 0.5) is 5.69 Å². The van der Waals surface area contributed by atoms with E-state index < -0.39 is 35.6 Å². The maximum atomic E-state index is 14.4. The summed E-state index contributed by atoms with van der Waals surface area (Å²) in [4.78, 5) is 43.3. The molecule has 2 bridgehead atoms. The van der Waals surface area contributed by atoms with Gasteiger partial charge in [-0.2, -0.15) is 0 Å². The summed E-state index contributed by atoms with van der Waals surface area (Å²) >= 11 is 3.57. The van der Waals surface area contributed by atoms with Crippen molar-refractivity contribution in [2.45, 2.75) is 62.1 Å². The van der Waals surface area contributed by atoms with Gasteiger partial charge in [-0.15, -0.1) is 6.58 Å². The van der Waals surface area contributed by atoms with Crippen molar-refractivity contribution < 1.29 is 29.3 Å². The standard InChI is InChI=1S/C26H33BrN2O6/c1-4-10-28(18-13-15(2)8-9-16(18)3)24(32)22-26-14-17(27)21(35-26)19(25(33)34)20(26)23(31)29(22)11-6-5-7-12-30/h4,8-9,13,17,19-22,30H,1,5-7,10-12,14H2,2-3H3,(H,33,34)/t17?,19-,20-,21-,22?,26?/m0/s1. The number of fused-ring (bicyclic) bond motifs is 1. The number of carbonyl (C=O) groups excluding carboxylic acids is 2. The molecule has 2 N–H and O–H groups in total. The number of aliphatic carboxylic acids is 1. The van der Waals surface area contributed by atoms with Gasteiger partial charge in [-0.1, -0.05) is 34.1 Å². The van der Waals surface area contributed by atoms with Crippen LogP contribution in [0.2, 0.25) is 0 Å². The van der Waals surface area contributed by atoms with Crippen LogP contribution in [0.3, 0.4) is 0 Å². The van der Waals surface area contributed by atoms with Gasteiger partial charge < -0.3 is 24.7 Å². The average Bonchev–Trinajstić information content (AvgIpc) is 3.40. The van der Waals surface area contributed by atoms with E-state index in [1.54, 1.807) is 15.9 Å². The fourth-order valence-electron chi connectivity index (χ4n) is 6.10. The minimum atomic E-state index is -1.20. The van der Waals surface area contributed by atoms with E-state index in [1.165, 1.54) is 0 Å². The molecule has 3 fully saturated rings. The first-order chi connectivity index (χ1) is 16.7. The number of hydrogen-bond donors (Lipinski definition) is 2. The van der Waals surface area contributed by atoms with Gasteiger partial charge in [-0.3, -0.25) is 14.4 Å². The first-order valence-electron chi connectivity index (χ1n) is 12.1. The smallest absolute Gasteiger partial charge is 0.310 e. The molecule has 3 aliphatic rings. The van der Waals surface area contributed by atoms with Crippen LogP contribution in [0.5, 0.6) is 0 Å². The Morgan fingerprint density at radius 2 is 2.06 bits per heavy atom. The van der Waals surface area contributed by atoms with Crippen molar-refractivity contribution in [3.05, 3.63) is 42.0 Å². The largest absolute Gasteiger partial charge is 0.481 e. The van der Waals surface area contributed by atoms with Gasteiger partial charge in [-0.25, -0.2) is 0 Å². The van der Waals surface area contributed by atoms with E-state index in [2.05, 4.69) is 22.5 Å². The number of nitrogens with zero attached hydrogens (tertiary/aromatic N) is 2. The minimum Gasteiger partial charge on any atom is -0.481 e. The minimum absolute atomic E-state index is 0.0553. The number of carboxylic acid groups (broad SMARTS) is 1. The van der Waals surface area contributed by atoms with Gasteiger partial charge in [0.1, 0.15) is 11.6 Å². The van der Waals surface area contributed by atoms with Crippen LogP contribution >= 0.6 is 15.9 Å². The van der Waals surface area contributed by atoms with Crippen molar-refractivity contribution >= 4 is 39.4 Å². The second-order valence-corrected chi connectivity index (χ2v) is 11.0. The van der Waals surface area contributed by atoms with Gasteiger partial charge in [-0.05, 0) is 56.7 Å². The van der Waals surface area contributed by atoms with Gasteiger partial charge in [0.15, 0.2) is 0 Å². The molecule has 0 saturated carbocycles. The Balaban J connectivity index is 1.78. The third kappa shape index (κ3) is 4.21. The summed E-state index contributed by atoms with van der Waals surface area (Å²) < 4.78 is 6.35. The van der Waals surface area contributed by atoms with Crippen molar-refractivity contribution in [2.75, 3.05) is 24.6 Å². The van der Waals surface area contributed by atoms with Crippen LogP contribution in [0.15, 0.2) is 30.9 Å². The molecular weight excluding hydrogens is 516 g/mol. The van der Waals surface area contributed by atoms with Crippen molar-refractivity contribution in [3.8, 4) is 0 Å². The molecule has 3 aliphatic heterocycles. The summed E-state index contributed by atoms with van der Waals surface area (Å²) in [6.45, 7) is 8.32. The highest BCUT2D eigenvalue weighted by atomic mass is 79.9. The lowest BCUT2D eigenvalue weighted by molar-refractivity contribution is -0.149. The average molecular weight is 549 g/mol. The van der Waals surface area contributed by atoms with E-state index >= 15 is 0 Å². The van der Waals surface area contributed by atoms with E-state index in [4.69, 9.17) is 9.84 Å². The number of carbonyl (C=O) groups is 3. The van der Waals surface area contributed by atoms with Gasteiger partial charge in [0.25, 0.3) is 5.91 Å². The Morgan fingerprint density at radius 3 is 2.71 bits per heavy atom. The zero-order valence-electron chi connectivity index (χ0n) is 20.2. The Labute approximate surface area is 214 Å². The van der Waals surface area contributed by atoms with E-state index in [0.29, 0.717) is 32.2 Å². The fourth-order valence-corrected chi connectivity index (χ4v) is 7.04. The van der Waals surface area contributed by atoms with Crippen molar-refractivity contribution in [2.24, 2.45) is 11.8 Å². The Kier molecular flexibility index (Phi) is 7.41. The number of hydrogen-bond acceptors (Lipinski definition) is 5. The lowest BCUT2D eigenvalue weighted by Gasteiger charge is -2.37. The number of anilines is 1. The molecule has 35 heavy (non-hydrogen) atoms. The molecule has 190 valence electrons. The maximum Gasteiger partial charge on any atom is 0.310 e. The first kappa shape index (κ1) is 25.9. The molecule has 1 aromatic carbocycles. The Bertz CT molecular complexity index is 1030. The molecule has 9 heteroatoms. The normalized spacial score (nSPS) is 31.0. The number of aliphatic hydroxyl groups excluding tert-OH is 1. The summed E-state index contributed by atoms with van der Waals surface area (Å²) in [7, 11) is 0. The highest BCUT2D eigenvalue weighted by Gasteiger charge is 2.76. The number of amides is 2. The predicted molar refractivity (Wildman–Crippen MR) is 134 cm³/mol. The zero-order chi connectivity index (χ0) is 25.5. The number of rotatable bonds is 10. The third-order valence-corrected chi connectivity index (χ3v) is 8.44. The van der Waals surface area contributed by atoms with Crippen LogP contribution in [-0.4, -0.2) is 75.2 Å². The number of unbranched alkanes of at least 4 members (excludes halogenated alkanes) is 2. The van der Waals surface area contributed by atoms with Gasteiger partial charge in [0.2, 0.25) is 5.91 Å². The predicted octanol–water partition coefficient (Wildman–Crippen LogP) is 2.82.